The molecule has 0 heterocycles. The average Bonchev–Trinajstić information content (AvgIpc) is 2.60. The van der Waals surface area contributed by atoms with Crippen LogP contribution in [0.25, 0.3) is 6.08 Å². The fourth-order valence-corrected chi connectivity index (χ4v) is 2.34. The number of Topliss-reactive ketones (excluding diaryl/α,β-unsaturated/α-hetero) is 1. The van der Waals surface area contributed by atoms with Crippen LogP contribution >= 0.6 is 15.9 Å². The van der Waals surface area contributed by atoms with Crippen LogP contribution in [-0.2, 0) is 9.53 Å². The SMILES string of the molecule is COc1ccc(F)cc1C(=O)COC(=O)/C=C/c1cc(Br)ccc1F. The second kappa shape index (κ2) is 8.53. The van der Waals surface area contributed by atoms with E-state index in [1.807, 2.05) is 0 Å². The molecule has 2 rings (SSSR count). The molecule has 0 radical (unpaired) electrons. The number of rotatable bonds is 6. The van der Waals surface area contributed by atoms with Crippen molar-refractivity contribution in [1.82, 2.24) is 0 Å². The van der Waals surface area contributed by atoms with E-state index in [0.717, 1.165) is 18.2 Å². The lowest BCUT2D eigenvalue weighted by atomic mass is 10.1. The molecule has 0 N–H and O–H groups in total. The predicted octanol–water partition coefficient (Wildman–Crippen LogP) is 4.18. The summed E-state index contributed by atoms with van der Waals surface area (Å²) in [6.45, 7) is -0.593. The first-order valence-corrected chi connectivity index (χ1v) is 7.86. The second-order valence-electron chi connectivity index (χ2n) is 4.87. The van der Waals surface area contributed by atoms with Crippen molar-refractivity contribution in [3.63, 3.8) is 0 Å². The predicted molar refractivity (Wildman–Crippen MR) is 91.4 cm³/mol. The van der Waals surface area contributed by atoms with E-state index in [1.54, 1.807) is 0 Å². The Bertz CT molecular complexity index is 834. The molecule has 0 aliphatic carbocycles. The lowest BCUT2D eigenvalue weighted by Crippen LogP contribution is -2.13. The van der Waals surface area contributed by atoms with E-state index in [4.69, 9.17) is 9.47 Å². The molecule has 0 saturated heterocycles. The minimum atomic E-state index is -0.830. The fourth-order valence-electron chi connectivity index (χ4n) is 1.96. The molecule has 0 amide bonds. The van der Waals surface area contributed by atoms with Gasteiger partial charge in [-0.1, -0.05) is 15.9 Å². The van der Waals surface area contributed by atoms with E-state index in [9.17, 15) is 18.4 Å². The van der Waals surface area contributed by atoms with E-state index < -0.39 is 30.0 Å². The molecule has 0 aliphatic rings. The summed E-state index contributed by atoms with van der Waals surface area (Å²) in [5.74, 6) is -2.39. The van der Waals surface area contributed by atoms with Crippen molar-refractivity contribution in [1.29, 1.82) is 0 Å². The molecule has 0 aromatic heterocycles. The normalized spacial score (nSPS) is 10.7. The summed E-state index contributed by atoms with van der Waals surface area (Å²) in [6, 6.07) is 7.71. The number of ketones is 1. The van der Waals surface area contributed by atoms with Crippen LogP contribution in [0.4, 0.5) is 8.78 Å². The summed E-state index contributed by atoms with van der Waals surface area (Å²) in [4.78, 5) is 23.7. The maximum Gasteiger partial charge on any atom is 0.331 e. The van der Waals surface area contributed by atoms with Crippen LogP contribution in [0.1, 0.15) is 15.9 Å². The third-order valence-electron chi connectivity index (χ3n) is 3.16. The van der Waals surface area contributed by atoms with E-state index in [1.165, 1.54) is 37.5 Å². The zero-order valence-electron chi connectivity index (χ0n) is 13.1. The molecule has 0 bridgehead atoms. The average molecular weight is 411 g/mol. The van der Waals surface area contributed by atoms with Gasteiger partial charge in [0.2, 0.25) is 5.78 Å². The number of carbonyl (C=O) groups is 2. The molecular weight excluding hydrogens is 398 g/mol. The van der Waals surface area contributed by atoms with Gasteiger partial charge in [-0.05, 0) is 42.5 Å². The van der Waals surface area contributed by atoms with Gasteiger partial charge in [0.05, 0.1) is 12.7 Å². The van der Waals surface area contributed by atoms with Crippen molar-refractivity contribution in [3.8, 4) is 5.75 Å². The summed E-state index contributed by atoms with van der Waals surface area (Å²) in [5.41, 5.74) is 0.154. The highest BCUT2D eigenvalue weighted by atomic mass is 79.9. The zero-order chi connectivity index (χ0) is 18.4. The third-order valence-corrected chi connectivity index (χ3v) is 3.66. The molecule has 0 saturated carbocycles. The fraction of sp³-hybridized carbons (Fsp3) is 0.111. The number of benzene rings is 2. The number of methoxy groups -OCH3 is 1. The monoisotopic (exact) mass is 410 g/mol. The van der Waals surface area contributed by atoms with Gasteiger partial charge in [-0.2, -0.15) is 0 Å². The highest BCUT2D eigenvalue weighted by Gasteiger charge is 2.15. The number of carbonyl (C=O) groups excluding carboxylic acids is 2. The number of hydrogen-bond acceptors (Lipinski definition) is 4. The quantitative estimate of drug-likeness (QED) is 0.407. The topological polar surface area (TPSA) is 52.6 Å². The zero-order valence-corrected chi connectivity index (χ0v) is 14.7. The Kier molecular flexibility index (Phi) is 6.41. The van der Waals surface area contributed by atoms with Gasteiger partial charge < -0.3 is 9.47 Å². The van der Waals surface area contributed by atoms with Crippen molar-refractivity contribution in [2.45, 2.75) is 0 Å². The minimum absolute atomic E-state index is 0.0303. The van der Waals surface area contributed by atoms with Gasteiger partial charge in [0.15, 0.2) is 6.61 Å². The highest BCUT2D eigenvalue weighted by Crippen LogP contribution is 2.20. The first-order chi connectivity index (χ1) is 11.9. The lowest BCUT2D eigenvalue weighted by Gasteiger charge is -2.07. The first kappa shape index (κ1) is 18.8. The van der Waals surface area contributed by atoms with Gasteiger partial charge >= 0.3 is 5.97 Å². The Balaban J connectivity index is 2.00. The van der Waals surface area contributed by atoms with E-state index in [2.05, 4.69) is 15.9 Å². The summed E-state index contributed by atoms with van der Waals surface area (Å²) in [7, 11) is 1.34. The Morgan fingerprint density at radius 2 is 1.92 bits per heavy atom. The molecule has 4 nitrogen and oxygen atoms in total. The van der Waals surface area contributed by atoms with Crippen LogP contribution in [0.2, 0.25) is 0 Å². The third kappa shape index (κ3) is 5.22. The molecule has 0 aliphatic heterocycles. The van der Waals surface area contributed by atoms with Crippen LogP contribution in [0.3, 0.4) is 0 Å². The summed E-state index contributed by atoms with van der Waals surface area (Å²) in [5, 5.41) is 0. The van der Waals surface area contributed by atoms with Crippen molar-refractivity contribution in [2.75, 3.05) is 13.7 Å². The van der Waals surface area contributed by atoms with Gasteiger partial charge in [-0.15, -0.1) is 0 Å². The lowest BCUT2D eigenvalue weighted by molar-refractivity contribution is -0.136. The number of halogens is 3. The number of ether oxygens (including phenoxy) is 2. The minimum Gasteiger partial charge on any atom is -0.496 e. The van der Waals surface area contributed by atoms with Gasteiger partial charge in [0.25, 0.3) is 0 Å². The van der Waals surface area contributed by atoms with Crippen molar-refractivity contribution < 1.29 is 27.8 Å². The maximum absolute atomic E-state index is 13.5. The Morgan fingerprint density at radius 3 is 2.64 bits per heavy atom. The standard InChI is InChI=1S/C18H13BrF2O4/c1-24-17-6-4-13(20)9-14(17)16(22)10-25-18(23)7-2-11-8-12(19)3-5-15(11)21/h2-9H,10H2,1H3/b7-2+. The van der Waals surface area contributed by atoms with Crippen LogP contribution in [0, 0.1) is 11.6 Å². The molecule has 2 aromatic carbocycles. The van der Waals surface area contributed by atoms with E-state index in [0.29, 0.717) is 4.47 Å². The molecule has 0 unspecified atom stereocenters. The summed E-state index contributed by atoms with van der Waals surface area (Å²) in [6.07, 6.45) is 2.23. The number of hydrogen-bond donors (Lipinski definition) is 0. The highest BCUT2D eigenvalue weighted by molar-refractivity contribution is 9.10. The van der Waals surface area contributed by atoms with E-state index >= 15 is 0 Å². The Labute approximate surface area is 151 Å². The second-order valence-corrected chi connectivity index (χ2v) is 5.79. The van der Waals surface area contributed by atoms with Crippen LogP contribution in [0.15, 0.2) is 46.9 Å². The molecule has 0 atom stereocenters. The van der Waals surface area contributed by atoms with Crippen LogP contribution in [-0.4, -0.2) is 25.5 Å². The van der Waals surface area contributed by atoms with Gasteiger partial charge in [-0.3, -0.25) is 4.79 Å². The smallest absolute Gasteiger partial charge is 0.331 e. The molecule has 25 heavy (non-hydrogen) atoms. The molecular formula is C18H13BrF2O4. The molecule has 0 fully saturated rings. The first-order valence-electron chi connectivity index (χ1n) is 7.07. The summed E-state index contributed by atoms with van der Waals surface area (Å²) < 4.78 is 37.2. The Morgan fingerprint density at radius 1 is 1.16 bits per heavy atom. The maximum atomic E-state index is 13.5. The van der Waals surface area contributed by atoms with Crippen molar-refractivity contribution in [2.24, 2.45) is 0 Å². The number of esters is 1. The molecule has 0 spiro atoms. The molecule has 2 aromatic rings. The Hall–Kier alpha value is -2.54. The van der Waals surface area contributed by atoms with Crippen molar-refractivity contribution >= 4 is 33.8 Å². The van der Waals surface area contributed by atoms with E-state index in [-0.39, 0.29) is 16.9 Å². The van der Waals surface area contributed by atoms with Gasteiger partial charge in [0.1, 0.15) is 17.4 Å². The van der Waals surface area contributed by atoms with Crippen LogP contribution in [0.5, 0.6) is 5.75 Å². The largest absolute Gasteiger partial charge is 0.496 e. The van der Waals surface area contributed by atoms with Crippen LogP contribution < -0.4 is 4.74 Å². The molecule has 7 heteroatoms. The van der Waals surface area contributed by atoms with Gasteiger partial charge in [0, 0.05) is 16.1 Å². The summed E-state index contributed by atoms with van der Waals surface area (Å²) >= 11 is 3.19. The molecule has 130 valence electrons. The van der Waals surface area contributed by atoms with Crippen molar-refractivity contribution in [3.05, 3.63) is 69.7 Å². The van der Waals surface area contributed by atoms with Gasteiger partial charge in [-0.25, -0.2) is 13.6 Å².